The molecular weight excluding hydrogens is 220 g/mol. The van der Waals surface area contributed by atoms with Crippen LogP contribution in [0.1, 0.15) is 32.1 Å². The summed E-state index contributed by atoms with van der Waals surface area (Å²) in [6, 6.07) is 1.25. The Morgan fingerprint density at radius 1 is 1.19 bits per heavy atom. The molecule has 1 N–H and O–H groups in total. The smallest absolute Gasteiger partial charge is 0.240 e. The molecule has 2 saturated heterocycles. The van der Waals surface area contributed by atoms with Gasteiger partial charge in [-0.15, -0.1) is 0 Å². The first-order chi connectivity index (χ1) is 7.86. The minimum absolute atomic E-state index is 0.131. The molecule has 0 aromatic rings. The molecule has 0 radical (unpaired) electrons. The molecule has 1 amide bonds. The van der Waals surface area contributed by atoms with Gasteiger partial charge >= 0.3 is 0 Å². The van der Waals surface area contributed by atoms with Crippen molar-refractivity contribution in [2.75, 3.05) is 18.1 Å². The van der Waals surface area contributed by atoms with Crippen LogP contribution in [0.15, 0.2) is 0 Å². The van der Waals surface area contributed by atoms with Crippen LogP contribution in [0, 0.1) is 0 Å². The quantitative estimate of drug-likeness (QED) is 0.805. The van der Waals surface area contributed by atoms with Crippen molar-refractivity contribution in [1.82, 2.24) is 10.2 Å². The van der Waals surface area contributed by atoms with Gasteiger partial charge in [-0.05, 0) is 44.4 Å². The van der Waals surface area contributed by atoms with Gasteiger partial charge in [0, 0.05) is 17.8 Å². The largest absolute Gasteiger partial charge is 0.335 e. The molecule has 3 fully saturated rings. The van der Waals surface area contributed by atoms with Gasteiger partial charge in [0.25, 0.3) is 0 Å². The number of nitrogens with zero attached hydrogens (tertiary/aromatic N) is 1. The summed E-state index contributed by atoms with van der Waals surface area (Å²) in [5.41, 5.74) is 0. The Bertz CT molecular complexity index is 268. The van der Waals surface area contributed by atoms with Gasteiger partial charge in [-0.1, -0.05) is 0 Å². The van der Waals surface area contributed by atoms with Gasteiger partial charge in [-0.3, -0.25) is 4.79 Å². The summed E-state index contributed by atoms with van der Waals surface area (Å²) in [6.07, 6.45) is 5.88. The minimum Gasteiger partial charge on any atom is -0.335 e. The van der Waals surface area contributed by atoms with Crippen molar-refractivity contribution in [2.45, 2.75) is 50.2 Å². The summed E-state index contributed by atoms with van der Waals surface area (Å²) < 4.78 is 0. The second-order valence-electron chi connectivity index (χ2n) is 5.14. The van der Waals surface area contributed by atoms with Crippen molar-refractivity contribution < 1.29 is 4.79 Å². The Balaban J connectivity index is 1.68. The number of hydrogen-bond acceptors (Lipinski definition) is 3. The number of carbonyl (C=O) groups is 1. The highest BCUT2D eigenvalue weighted by Crippen LogP contribution is 2.34. The first-order valence-electron chi connectivity index (χ1n) is 6.49. The maximum atomic E-state index is 12.5. The molecule has 3 aliphatic rings. The van der Waals surface area contributed by atoms with Gasteiger partial charge in [0.15, 0.2) is 0 Å². The summed E-state index contributed by atoms with van der Waals surface area (Å²) in [5.74, 6) is 2.79. The van der Waals surface area contributed by atoms with Crippen LogP contribution in [0.3, 0.4) is 0 Å². The van der Waals surface area contributed by atoms with Crippen molar-refractivity contribution in [1.29, 1.82) is 0 Å². The zero-order valence-electron chi connectivity index (χ0n) is 9.65. The van der Waals surface area contributed by atoms with Gasteiger partial charge in [0.05, 0.1) is 6.04 Å². The average molecular weight is 240 g/mol. The summed E-state index contributed by atoms with van der Waals surface area (Å²) in [5, 5.41) is 3.34. The van der Waals surface area contributed by atoms with Crippen LogP contribution in [0.2, 0.25) is 0 Å². The minimum atomic E-state index is 0.131. The highest BCUT2D eigenvalue weighted by Gasteiger charge is 2.41. The molecule has 3 rings (SSSR count). The fraction of sp³-hybridized carbons (Fsp3) is 0.917. The third-order valence-electron chi connectivity index (χ3n) is 3.85. The molecule has 2 atom stereocenters. The fourth-order valence-corrected chi connectivity index (χ4v) is 4.03. The van der Waals surface area contributed by atoms with Gasteiger partial charge in [-0.2, -0.15) is 11.8 Å². The molecule has 2 aliphatic heterocycles. The molecule has 4 heteroatoms. The Morgan fingerprint density at radius 3 is 2.62 bits per heavy atom. The molecule has 1 saturated carbocycles. The highest BCUT2D eigenvalue weighted by atomic mass is 32.2. The topological polar surface area (TPSA) is 32.3 Å². The maximum Gasteiger partial charge on any atom is 0.240 e. The van der Waals surface area contributed by atoms with E-state index < -0.39 is 0 Å². The zero-order chi connectivity index (χ0) is 11.0. The lowest BCUT2D eigenvalue weighted by molar-refractivity contribution is -0.135. The number of rotatable bonds is 3. The summed E-state index contributed by atoms with van der Waals surface area (Å²) in [7, 11) is 0. The van der Waals surface area contributed by atoms with Crippen molar-refractivity contribution in [2.24, 2.45) is 0 Å². The molecule has 0 aromatic carbocycles. The zero-order valence-corrected chi connectivity index (χ0v) is 10.5. The second kappa shape index (κ2) is 4.57. The average Bonchev–Trinajstić information content (AvgIpc) is 2.83. The summed E-state index contributed by atoms with van der Waals surface area (Å²) in [4.78, 5) is 14.7. The molecule has 0 spiro atoms. The fourth-order valence-electron chi connectivity index (χ4n) is 2.83. The van der Waals surface area contributed by atoms with Crippen LogP contribution in [0.4, 0.5) is 0 Å². The lowest BCUT2D eigenvalue weighted by Crippen LogP contribution is -2.49. The number of hydrogen-bond donors (Lipinski definition) is 1. The Hall–Kier alpha value is -0.220. The molecule has 3 nitrogen and oxygen atoms in total. The van der Waals surface area contributed by atoms with Gasteiger partial charge in [-0.25, -0.2) is 0 Å². The standard InChI is InChI=1S/C12H20N2OS/c15-12(11-2-1-6-13-11)14(9-3-4-9)10-5-7-16-8-10/h9-11,13H,1-8H2/t10-,11-/m1/s1. The van der Waals surface area contributed by atoms with Crippen molar-refractivity contribution in [3.8, 4) is 0 Å². The van der Waals surface area contributed by atoms with Gasteiger partial charge in [0.2, 0.25) is 5.91 Å². The predicted octanol–water partition coefficient (Wildman–Crippen LogP) is 1.23. The van der Waals surface area contributed by atoms with Crippen LogP contribution >= 0.6 is 11.8 Å². The van der Waals surface area contributed by atoms with E-state index in [0.717, 1.165) is 25.1 Å². The van der Waals surface area contributed by atoms with Gasteiger partial charge in [0.1, 0.15) is 0 Å². The molecule has 2 heterocycles. The second-order valence-corrected chi connectivity index (χ2v) is 6.29. The Kier molecular flexibility index (Phi) is 3.11. The molecule has 1 aliphatic carbocycles. The molecule has 90 valence electrons. The SMILES string of the molecule is O=C([C@H]1CCCN1)N(C1CC1)[C@@H]1CCSC1. The van der Waals surface area contributed by atoms with Crippen LogP contribution in [-0.2, 0) is 4.79 Å². The third kappa shape index (κ3) is 2.09. The lowest BCUT2D eigenvalue weighted by atomic mass is 10.1. The van der Waals surface area contributed by atoms with E-state index in [9.17, 15) is 4.79 Å². The number of carbonyl (C=O) groups excluding carboxylic acids is 1. The van der Waals surface area contributed by atoms with Crippen LogP contribution < -0.4 is 5.32 Å². The third-order valence-corrected chi connectivity index (χ3v) is 5.00. The maximum absolute atomic E-state index is 12.5. The van der Waals surface area contributed by atoms with E-state index in [-0.39, 0.29) is 6.04 Å². The van der Waals surface area contributed by atoms with Crippen LogP contribution in [0.25, 0.3) is 0 Å². The van der Waals surface area contributed by atoms with Crippen molar-refractivity contribution >= 4 is 17.7 Å². The normalized spacial score (nSPS) is 34.2. The van der Waals surface area contributed by atoms with Crippen LogP contribution in [0.5, 0.6) is 0 Å². The van der Waals surface area contributed by atoms with Crippen molar-refractivity contribution in [3.63, 3.8) is 0 Å². The van der Waals surface area contributed by atoms with E-state index in [1.165, 1.54) is 25.0 Å². The van der Waals surface area contributed by atoms with Crippen LogP contribution in [-0.4, -0.2) is 47.0 Å². The van der Waals surface area contributed by atoms with E-state index >= 15 is 0 Å². The first kappa shape index (κ1) is 10.9. The molecular formula is C12H20N2OS. The Labute approximate surface area is 101 Å². The predicted molar refractivity (Wildman–Crippen MR) is 66.6 cm³/mol. The van der Waals surface area contributed by atoms with E-state index in [4.69, 9.17) is 0 Å². The first-order valence-corrected chi connectivity index (χ1v) is 7.65. The Morgan fingerprint density at radius 2 is 2.06 bits per heavy atom. The lowest BCUT2D eigenvalue weighted by Gasteiger charge is -2.31. The van der Waals surface area contributed by atoms with Gasteiger partial charge < -0.3 is 10.2 Å². The number of nitrogens with one attached hydrogen (secondary N) is 1. The van der Waals surface area contributed by atoms with E-state index in [2.05, 4.69) is 10.2 Å². The van der Waals surface area contributed by atoms with E-state index in [0.29, 0.717) is 18.0 Å². The molecule has 0 bridgehead atoms. The van der Waals surface area contributed by atoms with Crippen molar-refractivity contribution in [3.05, 3.63) is 0 Å². The highest BCUT2D eigenvalue weighted by molar-refractivity contribution is 7.99. The molecule has 0 unspecified atom stereocenters. The van der Waals surface area contributed by atoms with E-state index in [1.54, 1.807) is 0 Å². The summed E-state index contributed by atoms with van der Waals surface area (Å²) in [6.45, 7) is 1.02. The monoisotopic (exact) mass is 240 g/mol. The number of amides is 1. The van der Waals surface area contributed by atoms with E-state index in [1.807, 2.05) is 11.8 Å². The molecule has 0 aromatic heterocycles. The summed E-state index contributed by atoms with van der Waals surface area (Å²) >= 11 is 2.00. The number of thioether (sulfide) groups is 1. The molecule has 16 heavy (non-hydrogen) atoms.